The zero-order valence-corrected chi connectivity index (χ0v) is 13.7. The maximum absolute atomic E-state index is 12.4. The van der Waals surface area contributed by atoms with Gasteiger partial charge in [0.15, 0.2) is 0 Å². The third-order valence-electron chi connectivity index (χ3n) is 4.59. The van der Waals surface area contributed by atoms with Crippen LogP contribution in [-0.2, 0) is 14.4 Å². The van der Waals surface area contributed by atoms with Crippen molar-refractivity contribution in [2.45, 2.75) is 57.8 Å². The molecule has 0 radical (unpaired) electrons. The molecule has 2 heterocycles. The number of hydrogen-bond donors (Lipinski definition) is 3. The maximum Gasteiger partial charge on any atom is 0.246 e. The molecule has 2 aliphatic rings. The fourth-order valence-corrected chi connectivity index (χ4v) is 3.01. The molecule has 7 heteroatoms. The lowest BCUT2D eigenvalue weighted by Crippen LogP contribution is -2.68. The summed E-state index contributed by atoms with van der Waals surface area (Å²) >= 11 is 0. The molecule has 2 rings (SSSR count). The molecule has 3 amide bonds. The first kappa shape index (κ1) is 16.7. The largest absolute Gasteiger partial charge is 0.352 e. The topological polar surface area (TPSA) is 90.5 Å². The van der Waals surface area contributed by atoms with Crippen LogP contribution in [0, 0.1) is 5.92 Å². The van der Waals surface area contributed by atoms with E-state index in [4.69, 9.17) is 0 Å². The Morgan fingerprint density at radius 2 is 2.00 bits per heavy atom. The van der Waals surface area contributed by atoms with Gasteiger partial charge in [-0.3, -0.25) is 14.4 Å². The molecule has 2 saturated heterocycles. The molecule has 0 aromatic rings. The van der Waals surface area contributed by atoms with Gasteiger partial charge in [0.25, 0.3) is 0 Å². The number of nitrogens with one attached hydrogen (secondary N) is 3. The van der Waals surface area contributed by atoms with Crippen LogP contribution in [0.25, 0.3) is 0 Å². The lowest BCUT2D eigenvalue weighted by atomic mass is 9.90. The van der Waals surface area contributed by atoms with Gasteiger partial charge >= 0.3 is 0 Å². The van der Waals surface area contributed by atoms with E-state index in [9.17, 15) is 14.4 Å². The summed E-state index contributed by atoms with van der Waals surface area (Å²) < 4.78 is 0. The SMILES string of the molecule is CNC(C)C(=O)NC1CCN2C(=O)C(C(C)C)NC(=O)C2C1. The summed E-state index contributed by atoms with van der Waals surface area (Å²) in [4.78, 5) is 38.3. The molecule has 7 nitrogen and oxygen atoms in total. The molecule has 0 aromatic heterocycles. The van der Waals surface area contributed by atoms with E-state index in [1.54, 1.807) is 18.9 Å². The Kier molecular flexibility index (Phi) is 5.05. The first-order valence-corrected chi connectivity index (χ1v) is 7.93. The number of amides is 3. The summed E-state index contributed by atoms with van der Waals surface area (Å²) in [7, 11) is 1.73. The van der Waals surface area contributed by atoms with Crippen molar-refractivity contribution in [3.05, 3.63) is 0 Å². The van der Waals surface area contributed by atoms with Crippen LogP contribution in [0.1, 0.15) is 33.6 Å². The molecule has 0 aliphatic carbocycles. The van der Waals surface area contributed by atoms with E-state index in [-0.39, 0.29) is 35.7 Å². The quantitative estimate of drug-likeness (QED) is 0.636. The van der Waals surface area contributed by atoms with Crippen molar-refractivity contribution >= 4 is 17.7 Å². The van der Waals surface area contributed by atoms with Gasteiger partial charge in [-0.05, 0) is 32.7 Å². The zero-order chi connectivity index (χ0) is 16.4. The molecule has 0 saturated carbocycles. The van der Waals surface area contributed by atoms with Crippen LogP contribution in [0.3, 0.4) is 0 Å². The molecule has 22 heavy (non-hydrogen) atoms. The van der Waals surface area contributed by atoms with Gasteiger partial charge < -0.3 is 20.9 Å². The highest BCUT2D eigenvalue weighted by Gasteiger charge is 2.44. The summed E-state index contributed by atoms with van der Waals surface area (Å²) in [6.45, 7) is 6.15. The van der Waals surface area contributed by atoms with Gasteiger partial charge in [-0.25, -0.2) is 0 Å². The Labute approximate surface area is 131 Å². The van der Waals surface area contributed by atoms with E-state index in [2.05, 4.69) is 16.0 Å². The summed E-state index contributed by atoms with van der Waals surface area (Å²) in [5.74, 6) is -0.123. The van der Waals surface area contributed by atoms with Crippen molar-refractivity contribution in [1.82, 2.24) is 20.9 Å². The zero-order valence-electron chi connectivity index (χ0n) is 13.7. The lowest BCUT2D eigenvalue weighted by molar-refractivity contribution is -0.153. The summed E-state index contributed by atoms with van der Waals surface area (Å²) in [6.07, 6.45) is 1.16. The third kappa shape index (κ3) is 3.24. The van der Waals surface area contributed by atoms with Crippen LogP contribution in [0.15, 0.2) is 0 Å². The van der Waals surface area contributed by atoms with Crippen molar-refractivity contribution in [1.29, 1.82) is 0 Å². The number of likely N-dealkylation sites (N-methyl/N-ethyl adjacent to an activating group) is 1. The molecule has 4 atom stereocenters. The van der Waals surface area contributed by atoms with E-state index >= 15 is 0 Å². The monoisotopic (exact) mass is 310 g/mol. The van der Waals surface area contributed by atoms with Crippen LogP contribution in [0.4, 0.5) is 0 Å². The van der Waals surface area contributed by atoms with E-state index in [0.717, 1.165) is 0 Å². The number of piperidine rings is 1. The average molecular weight is 310 g/mol. The van der Waals surface area contributed by atoms with Crippen LogP contribution >= 0.6 is 0 Å². The molecule has 4 unspecified atom stereocenters. The van der Waals surface area contributed by atoms with E-state index in [1.165, 1.54) is 0 Å². The van der Waals surface area contributed by atoms with Crippen LogP contribution < -0.4 is 16.0 Å². The first-order chi connectivity index (χ1) is 10.3. The average Bonchev–Trinajstić information content (AvgIpc) is 2.49. The van der Waals surface area contributed by atoms with Gasteiger partial charge in [-0.15, -0.1) is 0 Å². The van der Waals surface area contributed by atoms with Crippen molar-refractivity contribution < 1.29 is 14.4 Å². The maximum atomic E-state index is 12.4. The minimum absolute atomic E-state index is 0.00651. The van der Waals surface area contributed by atoms with Gasteiger partial charge in [0.1, 0.15) is 12.1 Å². The highest BCUT2D eigenvalue weighted by atomic mass is 16.2. The van der Waals surface area contributed by atoms with Crippen molar-refractivity contribution in [3.63, 3.8) is 0 Å². The fraction of sp³-hybridized carbons (Fsp3) is 0.800. The smallest absolute Gasteiger partial charge is 0.246 e. The Morgan fingerprint density at radius 1 is 1.32 bits per heavy atom. The highest BCUT2D eigenvalue weighted by Crippen LogP contribution is 2.24. The minimum atomic E-state index is -0.466. The molecule has 0 aromatic carbocycles. The first-order valence-electron chi connectivity index (χ1n) is 7.93. The molecule has 3 N–H and O–H groups in total. The number of carbonyl (C=O) groups is 3. The lowest BCUT2D eigenvalue weighted by Gasteiger charge is -2.45. The molecule has 124 valence electrons. The van der Waals surface area contributed by atoms with Crippen LogP contribution in [0.2, 0.25) is 0 Å². The van der Waals surface area contributed by atoms with Crippen LogP contribution in [-0.4, -0.2) is 60.4 Å². The summed E-state index contributed by atoms with van der Waals surface area (Å²) in [5, 5.41) is 8.66. The highest BCUT2D eigenvalue weighted by molar-refractivity contribution is 5.97. The Morgan fingerprint density at radius 3 is 2.59 bits per heavy atom. The fourth-order valence-electron chi connectivity index (χ4n) is 3.01. The Bertz CT molecular complexity index is 466. The number of rotatable bonds is 4. The van der Waals surface area contributed by atoms with Crippen LogP contribution in [0.5, 0.6) is 0 Å². The third-order valence-corrected chi connectivity index (χ3v) is 4.59. The van der Waals surface area contributed by atoms with E-state index in [0.29, 0.717) is 19.4 Å². The van der Waals surface area contributed by atoms with Crippen molar-refractivity contribution in [3.8, 4) is 0 Å². The van der Waals surface area contributed by atoms with Gasteiger partial charge in [-0.1, -0.05) is 13.8 Å². The second kappa shape index (κ2) is 6.64. The van der Waals surface area contributed by atoms with Gasteiger partial charge in [0.2, 0.25) is 17.7 Å². The van der Waals surface area contributed by atoms with Crippen molar-refractivity contribution in [2.75, 3.05) is 13.6 Å². The van der Waals surface area contributed by atoms with E-state index in [1.807, 2.05) is 13.8 Å². The number of fused-ring (bicyclic) bond motifs is 1. The Balaban J connectivity index is 2.01. The molecule has 0 bridgehead atoms. The van der Waals surface area contributed by atoms with Gasteiger partial charge in [0.05, 0.1) is 6.04 Å². The molecular weight excluding hydrogens is 284 g/mol. The summed E-state index contributed by atoms with van der Waals surface area (Å²) in [5.41, 5.74) is 0. The standard InChI is InChI=1S/C15H26N4O3/c1-8(2)12-15(22)19-6-5-10(7-11(19)14(21)18-12)17-13(20)9(3)16-4/h8-12,16H,5-7H2,1-4H3,(H,17,20)(H,18,21). The molecule has 2 aliphatic heterocycles. The number of nitrogens with zero attached hydrogens (tertiary/aromatic N) is 1. The Hall–Kier alpha value is -1.63. The second-order valence-corrected chi connectivity index (χ2v) is 6.52. The van der Waals surface area contributed by atoms with E-state index < -0.39 is 12.1 Å². The summed E-state index contributed by atoms with van der Waals surface area (Å²) in [6, 6.07) is -1.24. The minimum Gasteiger partial charge on any atom is -0.352 e. The van der Waals surface area contributed by atoms with Gasteiger partial charge in [-0.2, -0.15) is 0 Å². The normalized spacial score (nSPS) is 29.9. The predicted molar refractivity (Wildman–Crippen MR) is 82.0 cm³/mol. The second-order valence-electron chi connectivity index (χ2n) is 6.52. The number of hydrogen-bond acceptors (Lipinski definition) is 4. The van der Waals surface area contributed by atoms with Crippen molar-refractivity contribution in [2.24, 2.45) is 5.92 Å². The predicted octanol–water partition coefficient (Wildman–Crippen LogP) is -0.775. The molecular formula is C15H26N4O3. The number of piperazine rings is 1. The van der Waals surface area contributed by atoms with Gasteiger partial charge in [0, 0.05) is 12.6 Å². The molecule has 2 fully saturated rings. The number of carbonyl (C=O) groups excluding carboxylic acids is 3. The molecule has 0 spiro atoms.